The van der Waals surface area contributed by atoms with E-state index in [0.717, 1.165) is 36.4 Å². The van der Waals surface area contributed by atoms with Crippen LogP contribution >= 0.6 is 0 Å². The minimum Gasteiger partial charge on any atom is -0.497 e. The van der Waals surface area contributed by atoms with Crippen LogP contribution in [0.1, 0.15) is 37.4 Å². The fourth-order valence-corrected chi connectivity index (χ4v) is 4.01. The van der Waals surface area contributed by atoms with Gasteiger partial charge in [-0.2, -0.15) is 5.10 Å². The highest BCUT2D eigenvalue weighted by molar-refractivity contribution is 5.76. The van der Waals surface area contributed by atoms with Gasteiger partial charge in [0.15, 0.2) is 11.6 Å². The number of nitrogens with one attached hydrogen (secondary N) is 1. The van der Waals surface area contributed by atoms with Gasteiger partial charge in [0.05, 0.1) is 24.6 Å². The van der Waals surface area contributed by atoms with E-state index in [-0.39, 0.29) is 24.2 Å². The van der Waals surface area contributed by atoms with Gasteiger partial charge in [-0.25, -0.2) is 9.07 Å². The van der Waals surface area contributed by atoms with Crippen molar-refractivity contribution in [3.63, 3.8) is 0 Å². The molecular weight excluding hydrogens is 437 g/mol. The summed E-state index contributed by atoms with van der Waals surface area (Å²) in [6, 6.07) is 13.6. The highest BCUT2D eigenvalue weighted by atomic mass is 19.1. The van der Waals surface area contributed by atoms with Gasteiger partial charge in [0, 0.05) is 25.1 Å². The van der Waals surface area contributed by atoms with Gasteiger partial charge < -0.3 is 19.5 Å². The fraction of sp³-hybridized carbons (Fsp3) is 0.385. The average Bonchev–Trinajstić information content (AvgIpc) is 3.51. The molecule has 7 nitrogen and oxygen atoms in total. The molecule has 1 N–H and O–H groups in total. The Labute approximate surface area is 198 Å². The number of methoxy groups -OCH3 is 1. The number of benzene rings is 2. The first kappa shape index (κ1) is 23.8. The molecule has 1 aliphatic rings. The average molecular weight is 468 g/mol. The minimum atomic E-state index is -0.469. The van der Waals surface area contributed by atoms with Crippen molar-refractivity contribution in [2.75, 3.05) is 20.3 Å². The quantitative estimate of drug-likeness (QED) is 0.472. The molecule has 0 aliphatic carbocycles. The van der Waals surface area contributed by atoms with Crippen LogP contribution in [-0.2, 0) is 22.4 Å². The first-order valence-electron chi connectivity index (χ1n) is 11.6. The van der Waals surface area contributed by atoms with Crippen LogP contribution in [0.15, 0.2) is 48.5 Å². The van der Waals surface area contributed by atoms with Gasteiger partial charge in [0.25, 0.3) is 0 Å². The smallest absolute Gasteiger partial charge is 0.226 e. The molecule has 1 saturated heterocycles. The lowest BCUT2D eigenvalue weighted by Gasteiger charge is -2.13. The molecule has 1 aliphatic heterocycles. The van der Waals surface area contributed by atoms with Crippen LogP contribution in [-0.4, -0.2) is 42.1 Å². The number of halogens is 1. The van der Waals surface area contributed by atoms with Crippen molar-refractivity contribution in [1.29, 1.82) is 0 Å². The lowest BCUT2D eigenvalue weighted by molar-refractivity contribution is -0.121. The zero-order valence-corrected chi connectivity index (χ0v) is 19.6. The van der Waals surface area contributed by atoms with E-state index in [0.29, 0.717) is 31.0 Å². The lowest BCUT2D eigenvalue weighted by atomic mass is 10.1. The SMILES string of the molecule is CCc1nn(-c2ccc(OC)cc2)c(Oc2ccccc2F)c1CCC(=O)NCC1CCCO1. The van der Waals surface area contributed by atoms with E-state index in [1.807, 2.05) is 31.2 Å². The van der Waals surface area contributed by atoms with Crippen LogP contribution in [0.2, 0.25) is 0 Å². The van der Waals surface area contributed by atoms with E-state index in [9.17, 15) is 9.18 Å². The summed E-state index contributed by atoms with van der Waals surface area (Å²) >= 11 is 0. The van der Waals surface area contributed by atoms with E-state index in [2.05, 4.69) is 5.32 Å². The molecule has 8 heteroatoms. The summed E-state index contributed by atoms with van der Waals surface area (Å²) in [7, 11) is 1.60. The normalized spacial score (nSPS) is 15.3. The summed E-state index contributed by atoms with van der Waals surface area (Å²) in [6.45, 7) is 3.26. The number of nitrogens with zero attached hydrogens (tertiary/aromatic N) is 2. The summed E-state index contributed by atoms with van der Waals surface area (Å²) in [5.41, 5.74) is 2.33. The van der Waals surface area contributed by atoms with Crippen molar-refractivity contribution < 1.29 is 23.4 Å². The minimum absolute atomic E-state index is 0.0633. The van der Waals surface area contributed by atoms with E-state index >= 15 is 0 Å². The molecule has 0 saturated carbocycles. The second-order valence-corrected chi connectivity index (χ2v) is 8.17. The maximum absolute atomic E-state index is 14.4. The highest BCUT2D eigenvalue weighted by Crippen LogP contribution is 2.33. The molecule has 0 bridgehead atoms. The van der Waals surface area contributed by atoms with Crippen LogP contribution < -0.4 is 14.8 Å². The second kappa shape index (κ2) is 11.2. The Bertz CT molecular complexity index is 1110. The van der Waals surface area contributed by atoms with Gasteiger partial charge in [0.1, 0.15) is 5.75 Å². The zero-order chi connectivity index (χ0) is 23.9. The largest absolute Gasteiger partial charge is 0.497 e. The van der Waals surface area contributed by atoms with Crippen LogP contribution in [0.5, 0.6) is 17.4 Å². The van der Waals surface area contributed by atoms with Crippen molar-refractivity contribution in [2.45, 2.75) is 45.1 Å². The monoisotopic (exact) mass is 467 g/mol. The maximum atomic E-state index is 14.4. The first-order chi connectivity index (χ1) is 16.6. The number of para-hydroxylation sites is 1. The van der Waals surface area contributed by atoms with Crippen LogP contribution in [0.25, 0.3) is 5.69 Å². The Morgan fingerprint density at radius 2 is 2.03 bits per heavy atom. The molecule has 1 amide bonds. The summed E-state index contributed by atoms with van der Waals surface area (Å²) in [4.78, 5) is 12.5. The standard InChI is InChI=1S/C26H30FN3O4/c1-3-23-21(14-15-25(31)28-17-20-7-6-16-33-20)26(34-24-9-5-4-8-22(24)27)30(29-23)18-10-12-19(32-2)13-11-18/h4-5,8-13,20H,3,6-7,14-17H2,1-2H3,(H,28,31). The van der Waals surface area contributed by atoms with Gasteiger partial charge >= 0.3 is 0 Å². The van der Waals surface area contributed by atoms with E-state index in [4.69, 9.17) is 19.3 Å². The van der Waals surface area contributed by atoms with Crippen LogP contribution in [0.4, 0.5) is 4.39 Å². The van der Waals surface area contributed by atoms with Crippen molar-refractivity contribution in [1.82, 2.24) is 15.1 Å². The van der Waals surface area contributed by atoms with Gasteiger partial charge in [-0.3, -0.25) is 4.79 Å². The van der Waals surface area contributed by atoms with Crippen molar-refractivity contribution >= 4 is 5.91 Å². The third-order valence-electron chi connectivity index (χ3n) is 5.87. The fourth-order valence-electron chi connectivity index (χ4n) is 4.01. The number of hydrogen-bond acceptors (Lipinski definition) is 5. The maximum Gasteiger partial charge on any atom is 0.226 e. The van der Waals surface area contributed by atoms with E-state index in [1.165, 1.54) is 6.07 Å². The molecule has 1 atom stereocenters. The van der Waals surface area contributed by atoms with E-state index in [1.54, 1.807) is 30.0 Å². The summed E-state index contributed by atoms with van der Waals surface area (Å²) in [5.74, 6) is 0.684. The third kappa shape index (κ3) is 5.56. The molecule has 2 heterocycles. The Kier molecular flexibility index (Phi) is 7.80. The summed E-state index contributed by atoms with van der Waals surface area (Å²) in [6.07, 6.45) is 3.41. The Balaban J connectivity index is 1.61. The molecule has 0 radical (unpaired) electrons. The third-order valence-corrected chi connectivity index (χ3v) is 5.87. The number of carbonyl (C=O) groups excluding carboxylic acids is 1. The number of carbonyl (C=O) groups is 1. The number of aryl methyl sites for hydroxylation is 1. The van der Waals surface area contributed by atoms with Crippen molar-refractivity contribution in [3.05, 3.63) is 65.6 Å². The summed E-state index contributed by atoms with van der Waals surface area (Å²) in [5, 5.41) is 7.70. The van der Waals surface area contributed by atoms with Gasteiger partial charge in [0.2, 0.25) is 11.8 Å². The van der Waals surface area contributed by atoms with Crippen molar-refractivity contribution in [2.24, 2.45) is 0 Å². The highest BCUT2D eigenvalue weighted by Gasteiger charge is 2.23. The molecule has 1 aromatic heterocycles. The number of aromatic nitrogens is 2. The lowest BCUT2D eigenvalue weighted by Crippen LogP contribution is -2.31. The molecular formula is C26H30FN3O4. The van der Waals surface area contributed by atoms with Gasteiger partial charge in [-0.1, -0.05) is 19.1 Å². The molecule has 34 heavy (non-hydrogen) atoms. The van der Waals surface area contributed by atoms with Gasteiger partial charge in [-0.05, 0) is 62.1 Å². The first-order valence-corrected chi connectivity index (χ1v) is 11.6. The van der Waals surface area contributed by atoms with Crippen LogP contribution in [0.3, 0.4) is 0 Å². The summed E-state index contributed by atoms with van der Waals surface area (Å²) < 4.78 is 33.0. The number of amides is 1. The molecule has 2 aromatic carbocycles. The van der Waals surface area contributed by atoms with E-state index < -0.39 is 5.82 Å². The molecule has 0 spiro atoms. The van der Waals surface area contributed by atoms with Crippen molar-refractivity contribution in [3.8, 4) is 23.1 Å². The predicted molar refractivity (Wildman–Crippen MR) is 126 cm³/mol. The number of ether oxygens (including phenoxy) is 3. The molecule has 4 rings (SSSR count). The number of hydrogen-bond donors (Lipinski definition) is 1. The van der Waals surface area contributed by atoms with Gasteiger partial charge in [-0.15, -0.1) is 0 Å². The van der Waals surface area contributed by atoms with Crippen LogP contribution in [0, 0.1) is 5.82 Å². The number of rotatable bonds is 10. The second-order valence-electron chi connectivity index (χ2n) is 8.17. The molecule has 3 aromatic rings. The molecule has 1 unspecified atom stereocenters. The Hall–Kier alpha value is -3.39. The predicted octanol–water partition coefficient (Wildman–Crippen LogP) is 4.60. The Morgan fingerprint density at radius 3 is 2.71 bits per heavy atom. The zero-order valence-electron chi connectivity index (χ0n) is 19.6. The topological polar surface area (TPSA) is 74.6 Å². The molecule has 180 valence electrons. The Morgan fingerprint density at radius 1 is 1.24 bits per heavy atom. The molecule has 1 fully saturated rings.